The second-order valence-electron chi connectivity index (χ2n) is 2.35. The van der Waals surface area contributed by atoms with E-state index in [4.69, 9.17) is 5.11 Å². The number of aromatic carboxylic acids is 1. The van der Waals surface area contributed by atoms with Crippen molar-refractivity contribution in [3.8, 4) is 5.75 Å². The van der Waals surface area contributed by atoms with Crippen LogP contribution in [0.3, 0.4) is 0 Å². The number of aryl methyl sites for hydroxylation is 1. The maximum absolute atomic E-state index is 11.2. The molecule has 0 aliphatic rings. The Hall–Kier alpha value is -1.85. The highest BCUT2D eigenvalue weighted by Crippen LogP contribution is 2.00. The molecule has 13 heavy (non-hydrogen) atoms. The van der Waals surface area contributed by atoms with Crippen molar-refractivity contribution in [1.29, 1.82) is 0 Å². The van der Waals surface area contributed by atoms with Gasteiger partial charge in [0, 0.05) is 7.05 Å². The molecule has 0 saturated heterocycles. The summed E-state index contributed by atoms with van der Waals surface area (Å²) in [5.74, 6) is -1.39. The van der Waals surface area contributed by atoms with Gasteiger partial charge in [0.2, 0.25) is 5.69 Å². The summed E-state index contributed by atoms with van der Waals surface area (Å²) in [6.45, 7) is 0. The van der Waals surface area contributed by atoms with E-state index in [1.54, 1.807) is 0 Å². The van der Waals surface area contributed by atoms with Crippen LogP contribution in [-0.2, 0) is 7.05 Å². The standard InChI is InChI=1S/C7H8N2O4/c1-9-3-4(13-2)6(10)5(8-9)7(11)12/h3H,1-2H3,(H,11,12). The number of carbonyl (C=O) groups is 1. The molecule has 70 valence electrons. The monoisotopic (exact) mass is 184 g/mol. The molecule has 0 radical (unpaired) electrons. The Bertz CT molecular complexity index is 396. The van der Waals surface area contributed by atoms with Crippen LogP contribution in [0.5, 0.6) is 5.75 Å². The Balaban J connectivity index is 3.45. The summed E-state index contributed by atoms with van der Waals surface area (Å²) in [6.07, 6.45) is 1.31. The lowest BCUT2D eigenvalue weighted by atomic mass is 10.3. The van der Waals surface area contributed by atoms with Crippen molar-refractivity contribution in [2.75, 3.05) is 7.11 Å². The fourth-order valence-electron chi connectivity index (χ4n) is 0.862. The smallest absolute Gasteiger partial charge is 0.360 e. The molecule has 1 aromatic rings. The van der Waals surface area contributed by atoms with E-state index in [0.29, 0.717) is 0 Å². The fraction of sp³-hybridized carbons (Fsp3) is 0.286. The zero-order valence-corrected chi connectivity index (χ0v) is 7.14. The highest BCUT2D eigenvalue weighted by molar-refractivity contribution is 5.85. The number of carboxylic acids is 1. The van der Waals surface area contributed by atoms with Gasteiger partial charge in [-0.1, -0.05) is 0 Å². The van der Waals surface area contributed by atoms with Crippen LogP contribution >= 0.6 is 0 Å². The number of carboxylic acid groups (broad SMARTS) is 1. The first-order chi connectivity index (χ1) is 6.06. The van der Waals surface area contributed by atoms with Crippen LogP contribution in [0.1, 0.15) is 10.5 Å². The van der Waals surface area contributed by atoms with Crippen molar-refractivity contribution in [3.05, 3.63) is 22.1 Å². The fourth-order valence-corrected chi connectivity index (χ4v) is 0.862. The third kappa shape index (κ3) is 1.66. The molecular formula is C7H8N2O4. The average molecular weight is 184 g/mol. The summed E-state index contributed by atoms with van der Waals surface area (Å²) in [5, 5.41) is 12.1. The lowest BCUT2D eigenvalue weighted by Gasteiger charge is -2.02. The summed E-state index contributed by atoms with van der Waals surface area (Å²) in [5.41, 5.74) is -1.25. The molecule has 0 saturated carbocycles. The molecule has 0 spiro atoms. The highest BCUT2D eigenvalue weighted by atomic mass is 16.5. The van der Waals surface area contributed by atoms with Gasteiger partial charge in [0.1, 0.15) is 0 Å². The normalized spacial score (nSPS) is 9.69. The van der Waals surface area contributed by atoms with Crippen molar-refractivity contribution < 1.29 is 14.6 Å². The van der Waals surface area contributed by atoms with Crippen molar-refractivity contribution in [1.82, 2.24) is 9.78 Å². The molecular weight excluding hydrogens is 176 g/mol. The van der Waals surface area contributed by atoms with Crippen LogP contribution in [0.4, 0.5) is 0 Å². The number of ether oxygens (including phenoxy) is 1. The number of hydrogen-bond donors (Lipinski definition) is 1. The predicted molar refractivity (Wildman–Crippen MR) is 43.0 cm³/mol. The van der Waals surface area contributed by atoms with Gasteiger partial charge >= 0.3 is 5.97 Å². The zero-order valence-electron chi connectivity index (χ0n) is 7.14. The summed E-state index contributed by atoms with van der Waals surface area (Å²) < 4.78 is 5.89. The van der Waals surface area contributed by atoms with Crippen LogP contribution in [-0.4, -0.2) is 28.0 Å². The molecule has 0 aliphatic heterocycles. The molecule has 0 aromatic carbocycles. The van der Waals surface area contributed by atoms with Crippen LogP contribution in [0.25, 0.3) is 0 Å². The van der Waals surface area contributed by atoms with Crippen LogP contribution in [0.2, 0.25) is 0 Å². The third-order valence-corrected chi connectivity index (χ3v) is 1.42. The Labute approximate surface area is 73.4 Å². The summed E-state index contributed by atoms with van der Waals surface area (Å²) in [4.78, 5) is 21.7. The van der Waals surface area contributed by atoms with Crippen molar-refractivity contribution in [2.45, 2.75) is 0 Å². The lowest BCUT2D eigenvalue weighted by molar-refractivity contribution is 0.0685. The Morgan fingerprint density at radius 2 is 2.31 bits per heavy atom. The van der Waals surface area contributed by atoms with Crippen LogP contribution in [0.15, 0.2) is 11.0 Å². The van der Waals surface area contributed by atoms with E-state index in [9.17, 15) is 9.59 Å². The van der Waals surface area contributed by atoms with E-state index in [2.05, 4.69) is 9.84 Å². The number of nitrogens with zero attached hydrogens (tertiary/aromatic N) is 2. The zero-order chi connectivity index (χ0) is 10.0. The Kier molecular flexibility index (Phi) is 2.32. The first-order valence-corrected chi connectivity index (χ1v) is 3.41. The number of aromatic nitrogens is 2. The van der Waals surface area contributed by atoms with Crippen LogP contribution in [0, 0.1) is 0 Å². The summed E-state index contributed by atoms with van der Waals surface area (Å²) >= 11 is 0. The summed E-state index contributed by atoms with van der Waals surface area (Å²) in [6, 6.07) is 0. The van der Waals surface area contributed by atoms with E-state index in [1.807, 2.05) is 0 Å². The van der Waals surface area contributed by atoms with E-state index in [0.717, 1.165) is 0 Å². The van der Waals surface area contributed by atoms with E-state index < -0.39 is 17.1 Å². The molecule has 6 nitrogen and oxygen atoms in total. The molecule has 6 heteroatoms. The van der Waals surface area contributed by atoms with E-state index in [1.165, 1.54) is 25.0 Å². The van der Waals surface area contributed by atoms with Gasteiger partial charge in [0.25, 0.3) is 5.43 Å². The minimum atomic E-state index is -1.36. The molecule has 0 unspecified atom stereocenters. The largest absolute Gasteiger partial charge is 0.491 e. The highest BCUT2D eigenvalue weighted by Gasteiger charge is 2.14. The van der Waals surface area contributed by atoms with Gasteiger partial charge in [-0.15, -0.1) is 0 Å². The maximum atomic E-state index is 11.2. The maximum Gasteiger partial charge on any atom is 0.360 e. The quantitative estimate of drug-likeness (QED) is 0.669. The van der Waals surface area contributed by atoms with Crippen molar-refractivity contribution >= 4 is 5.97 Å². The molecule has 0 atom stereocenters. The molecule has 0 amide bonds. The van der Waals surface area contributed by atoms with Crippen LogP contribution < -0.4 is 10.2 Å². The first-order valence-electron chi connectivity index (χ1n) is 3.41. The topological polar surface area (TPSA) is 81.4 Å². The molecule has 0 aliphatic carbocycles. The molecule has 0 fully saturated rings. The molecule has 1 rings (SSSR count). The van der Waals surface area contributed by atoms with E-state index >= 15 is 0 Å². The van der Waals surface area contributed by atoms with Crippen molar-refractivity contribution in [3.63, 3.8) is 0 Å². The lowest BCUT2D eigenvalue weighted by Crippen LogP contribution is -2.22. The minimum Gasteiger partial charge on any atom is -0.491 e. The van der Waals surface area contributed by atoms with E-state index in [-0.39, 0.29) is 5.75 Å². The van der Waals surface area contributed by atoms with Gasteiger partial charge in [-0.3, -0.25) is 9.48 Å². The first kappa shape index (κ1) is 9.24. The van der Waals surface area contributed by atoms with Crippen molar-refractivity contribution in [2.24, 2.45) is 7.05 Å². The minimum absolute atomic E-state index is 0.0325. The van der Waals surface area contributed by atoms with Gasteiger partial charge in [-0.25, -0.2) is 4.79 Å². The molecule has 1 aromatic heterocycles. The predicted octanol–water partition coefficient (Wildman–Crippen LogP) is -0.513. The second kappa shape index (κ2) is 3.26. The Morgan fingerprint density at radius 1 is 1.69 bits per heavy atom. The van der Waals surface area contributed by atoms with Gasteiger partial charge < -0.3 is 9.84 Å². The second-order valence-corrected chi connectivity index (χ2v) is 2.35. The average Bonchev–Trinajstić information content (AvgIpc) is 2.08. The van der Waals surface area contributed by atoms with Gasteiger partial charge in [-0.05, 0) is 0 Å². The number of methoxy groups -OCH3 is 1. The molecule has 1 heterocycles. The van der Waals surface area contributed by atoms with Gasteiger partial charge in [0.15, 0.2) is 5.75 Å². The van der Waals surface area contributed by atoms with Gasteiger partial charge in [-0.2, -0.15) is 5.10 Å². The molecule has 0 bridgehead atoms. The summed E-state index contributed by atoms with van der Waals surface area (Å²) in [7, 11) is 2.80. The number of rotatable bonds is 2. The SMILES string of the molecule is COc1cn(C)nc(C(=O)O)c1=O. The third-order valence-electron chi connectivity index (χ3n) is 1.42. The number of hydrogen-bond acceptors (Lipinski definition) is 4. The van der Waals surface area contributed by atoms with Gasteiger partial charge in [0.05, 0.1) is 13.3 Å². The Morgan fingerprint density at radius 3 is 2.77 bits per heavy atom. The molecule has 1 N–H and O–H groups in total.